The van der Waals surface area contributed by atoms with Gasteiger partial charge in [-0.25, -0.2) is 9.97 Å². The van der Waals surface area contributed by atoms with Crippen LogP contribution in [0, 0.1) is 20.8 Å². The predicted molar refractivity (Wildman–Crippen MR) is 111 cm³/mol. The summed E-state index contributed by atoms with van der Waals surface area (Å²) in [6, 6.07) is 11.8. The van der Waals surface area contributed by atoms with Gasteiger partial charge in [0.25, 0.3) is 5.91 Å². The molecule has 144 valence electrons. The molecule has 1 aromatic carbocycles. The number of hydrogen-bond acceptors (Lipinski definition) is 5. The van der Waals surface area contributed by atoms with Gasteiger partial charge in [-0.05, 0) is 74.2 Å². The SMILES string of the molecule is Cc1cc(C)cc(Nc2nc(C)cc(C(=O)N(C)CCc3ccncc3)n2)c1. The van der Waals surface area contributed by atoms with Gasteiger partial charge in [0.1, 0.15) is 5.69 Å². The Morgan fingerprint density at radius 3 is 2.36 bits per heavy atom. The van der Waals surface area contributed by atoms with Gasteiger partial charge < -0.3 is 10.2 Å². The Hall–Kier alpha value is -3.28. The zero-order chi connectivity index (χ0) is 20.1. The van der Waals surface area contributed by atoms with Crippen LogP contribution in [0.3, 0.4) is 0 Å². The number of amides is 1. The highest BCUT2D eigenvalue weighted by molar-refractivity contribution is 5.92. The summed E-state index contributed by atoms with van der Waals surface area (Å²) in [7, 11) is 1.79. The summed E-state index contributed by atoms with van der Waals surface area (Å²) < 4.78 is 0. The zero-order valence-corrected chi connectivity index (χ0v) is 16.7. The van der Waals surface area contributed by atoms with Crippen molar-refractivity contribution in [2.45, 2.75) is 27.2 Å². The molecular weight excluding hydrogens is 350 g/mol. The van der Waals surface area contributed by atoms with E-state index in [0.717, 1.165) is 34.5 Å². The van der Waals surface area contributed by atoms with Gasteiger partial charge in [0, 0.05) is 37.4 Å². The van der Waals surface area contributed by atoms with E-state index in [1.54, 1.807) is 30.4 Å². The van der Waals surface area contributed by atoms with E-state index in [1.807, 2.05) is 45.0 Å². The summed E-state index contributed by atoms with van der Waals surface area (Å²) >= 11 is 0. The van der Waals surface area contributed by atoms with Gasteiger partial charge in [0.05, 0.1) is 0 Å². The summed E-state index contributed by atoms with van der Waals surface area (Å²) in [6.45, 7) is 6.55. The molecule has 0 aliphatic rings. The molecule has 0 fully saturated rings. The maximum atomic E-state index is 12.8. The van der Waals surface area contributed by atoms with Crippen molar-refractivity contribution in [3.8, 4) is 0 Å². The molecule has 0 radical (unpaired) electrons. The number of pyridine rings is 1. The minimum atomic E-state index is -0.122. The first kappa shape index (κ1) is 19.5. The van der Waals surface area contributed by atoms with Gasteiger partial charge in [-0.2, -0.15) is 0 Å². The Morgan fingerprint density at radius 2 is 1.68 bits per heavy atom. The highest BCUT2D eigenvalue weighted by atomic mass is 16.2. The number of benzene rings is 1. The van der Waals surface area contributed by atoms with Gasteiger partial charge in [-0.3, -0.25) is 9.78 Å². The van der Waals surface area contributed by atoms with Gasteiger partial charge in [-0.15, -0.1) is 0 Å². The smallest absolute Gasteiger partial charge is 0.272 e. The van der Waals surface area contributed by atoms with Crippen molar-refractivity contribution in [2.24, 2.45) is 0 Å². The third kappa shape index (κ3) is 5.13. The third-order valence-corrected chi connectivity index (χ3v) is 4.38. The van der Waals surface area contributed by atoms with E-state index in [-0.39, 0.29) is 5.91 Å². The monoisotopic (exact) mass is 375 g/mol. The average molecular weight is 375 g/mol. The van der Waals surface area contributed by atoms with Crippen molar-refractivity contribution >= 4 is 17.5 Å². The molecule has 0 saturated carbocycles. The fourth-order valence-corrected chi connectivity index (χ4v) is 3.05. The van der Waals surface area contributed by atoms with Crippen LogP contribution in [0.5, 0.6) is 0 Å². The number of carbonyl (C=O) groups is 1. The van der Waals surface area contributed by atoms with Crippen LogP contribution in [-0.4, -0.2) is 39.4 Å². The summed E-state index contributed by atoms with van der Waals surface area (Å²) in [5.41, 5.74) is 5.49. The molecule has 6 nitrogen and oxygen atoms in total. The Bertz CT molecular complexity index is 952. The van der Waals surface area contributed by atoms with Gasteiger partial charge >= 0.3 is 0 Å². The van der Waals surface area contributed by atoms with Crippen molar-refractivity contribution < 1.29 is 4.79 Å². The lowest BCUT2D eigenvalue weighted by Gasteiger charge is -2.17. The second kappa shape index (κ2) is 8.61. The molecule has 2 aromatic heterocycles. The van der Waals surface area contributed by atoms with E-state index in [4.69, 9.17) is 0 Å². The minimum absolute atomic E-state index is 0.122. The Labute approximate surface area is 165 Å². The Kier molecular flexibility index (Phi) is 5.99. The quantitative estimate of drug-likeness (QED) is 0.708. The van der Waals surface area contributed by atoms with Crippen molar-refractivity contribution in [2.75, 3.05) is 18.9 Å². The lowest BCUT2D eigenvalue weighted by Crippen LogP contribution is -2.30. The molecule has 0 spiro atoms. The lowest BCUT2D eigenvalue weighted by molar-refractivity contribution is 0.0790. The zero-order valence-electron chi connectivity index (χ0n) is 16.7. The summed E-state index contributed by atoms with van der Waals surface area (Å²) in [5, 5.41) is 3.22. The second-order valence-corrected chi connectivity index (χ2v) is 7.05. The largest absolute Gasteiger partial charge is 0.340 e. The molecule has 0 saturated heterocycles. The highest BCUT2D eigenvalue weighted by Gasteiger charge is 2.15. The number of rotatable bonds is 6. The van der Waals surface area contributed by atoms with E-state index in [1.165, 1.54) is 0 Å². The fraction of sp³-hybridized carbons (Fsp3) is 0.273. The first-order valence-corrected chi connectivity index (χ1v) is 9.26. The van der Waals surface area contributed by atoms with Crippen LogP contribution in [0.25, 0.3) is 0 Å². The first-order valence-electron chi connectivity index (χ1n) is 9.26. The molecule has 0 bridgehead atoms. The molecule has 3 rings (SSSR count). The van der Waals surface area contributed by atoms with E-state index in [2.05, 4.69) is 26.3 Å². The topological polar surface area (TPSA) is 71.0 Å². The number of carbonyl (C=O) groups excluding carboxylic acids is 1. The van der Waals surface area contributed by atoms with Crippen molar-refractivity contribution in [3.05, 3.63) is 76.9 Å². The van der Waals surface area contributed by atoms with Crippen LogP contribution >= 0.6 is 0 Å². The molecule has 3 aromatic rings. The molecule has 28 heavy (non-hydrogen) atoms. The molecule has 0 atom stereocenters. The molecule has 0 aliphatic heterocycles. The normalized spacial score (nSPS) is 10.6. The number of aromatic nitrogens is 3. The van der Waals surface area contributed by atoms with Crippen molar-refractivity contribution in [1.29, 1.82) is 0 Å². The highest BCUT2D eigenvalue weighted by Crippen LogP contribution is 2.18. The van der Waals surface area contributed by atoms with Crippen LogP contribution in [0.1, 0.15) is 32.9 Å². The number of nitrogens with one attached hydrogen (secondary N) is 1. The fourth-order valence-electron chi connectivity index (χ4n) is 3.05. The first-order chi connectivity index (χ1) is 13.4. The van der Waals surface area contributed by atoms with Crippen molar-refractivity contribution in [1.82, 2.24) is 19.9 Å². The molecule has 1 amide bonds. The van der Waals surface area contributed by atoms with Crippen LogP contribution in [0.4, 0.5) is 11.6 Å². The van der Waals surface area contributed by atoms with Gasteiger partial charge in [0.15, 0.2) is 0 Å². The van der Waals surface area contributed by atoms with Crippen LogP contribution in [-0.2, 0) is 6.42 Å². The maximum Gasteiger partial charge on any atom is 0.272 e. The van der Waals surface area contributed by atoms with E-state index < -0.39 is 0 Å². The number of nitrogens with zero attached hydrogens (tertiary/aromatic N) is 4. The molecule has 6 heteroatoms. The molecule has 2 heterocycles. The number of anilines is 2. The number of aryl methyl sites for hydroxylation is 3. The Morgan fingerprint density at radius 1 is 1.00 bits per heavy atom. The van der Waals surface area contributed by atoms with E-state index >= 15 is 0 Å². The third-order valence-electron chi connectivity index (χ3n) is 4.38. The molecule has 1 N–H and O–H groups in total. The molecular formula is C22H25N5O. The minimum Gasteiger partial charge on any atom is -0.340 e. The van der Waals surface area contributed by atoms with Gasteiger partial charge in [-0.1, -0.05) is 6.07 Å². The number of hydrogen-bond donors (Lipinski definition) is 1. The van der Waals surface area contributed by atoms with Gasteiger partial charge in [0.2, 0.25) is 5.95 Å². The standard InChI is InChI=1S/C22H25N5O/c1-15-11-16(2)13-19(12-15)25-22-24-17(3)14-20(26-22)21(28)27(4)10-7-18-5-8-23-9-6-18/h5-6,8-9,11-14H,7,10H2,1-4H3,(H,24,25,26). The lowest BCUT2D eigenvalue weighted by atomic mass is 10.1. The van der Waals surface area contributed by atoms with Crippen LogP contribution < -0.4 is 5.32 Å². The Balaban J connectivity index is 1.73. The van der Waals surface area contributed by atoms with Crippen LogP contribution in [0.15, 0.2) is 48.8 Å². The predicted octanol–water partition coefficient (Wildman–Crippen LogP) is 3.86. The van der Waals surface area contributed by atoms with E-state index in [9.17, 15) is 4.79 Å². The summed E-state index contributed by atoms with van der Waals surface area (Å²) in [6.07, 6.45) is 4.29. The second-order valence-electron chi connectivity index (χ2n) is 7.05. The molecule has 0 aliphatic carbocycles. The van der Waals surface area contributed by atoms with Crippen LogP contribution in [0.2, 0.25) is 0 Å². The summed E-state index contributed by atoms with van der Waals surface area (Å²) in [4.78, 5) is 27.4. The maximum absolute atomic E-state index is 12.8. The van der Waals surface area contributed by atoms with Crippen molar-refractivity contribution in [3.63, 3.8) is 0 Å². The van der Waals surface area contributed by atoms with E-state index in [0.29, 0.717) is 18.2 Å². The summed E-state index contributed by atoms with van der Waals surface area (Å²) in [5.74, 6) is 0.305. The molecule has 0 unspecified atom stereocenters. The average Bonchev–Trinajstić information content (AvgIpc) is 2.65. The number of likely N-dealkylation sites (N-methyl/N-ethyl adjacent to an activating group) is 1.